The summed E-state index contributed by atoms with van der Waals surface area (Å²) >= 11 is 0. The van der Waals surface area contributed by atoms with E-state index in [2.05, 4.69) is 20.8 Å². The molecule has 9 heterocycles. The van der Waals surface area contributed by atoms with Gasteiger partial charge in [0.1, 0.15) is 51.1 Å². The predicted molar refractivity (Wildman–Crippen MR) is 252 cm³/mol. The van der Waals surface area contributed by atoms with Crippen LogP contribution in [0.3, 0.4) is 0 Å². The molecule has 0 atom stereocenters. The van der Waals surface area contributed by atoms with E-state index in [9.17, 15) is 9.59 Å². The van der Waals surface area contributed by atoms with Crippen LogP contribution in [0.1, 0.15) is 145 Å². The predicted octanol–water partition coefficient (Wildman–Crippen LogP) is 12.9. The van der Waals surface area contributed by atoms with Gasteiger partial charge in [-0.15, -0.1) is 0 Å². The average Bonchev–Trinajstić information content (AvgIpc) is 3.30. The molecule has 0 fully saturated rings. The number of carbonyl (C=O) groups is 2. The SMILES string of the molecule is CC(C)(C)c1cc2cc(c1)COC(=O)c1ccc3cc4c(cc3c1)OCc1c(c3c5c(c1OCCCCCCCCCCCCO3)COc1cc3ccc(cc3cc1OC5)C(=O)OC2)CO4. The number of benzene rings is 6. The molecule has 9 aliphatic heterocycles. The van der Waals surface area contributed by atoms with Gasteiger partial charge in [0.15, 0.2) is 23.0 Å². The smallest absolute Gasteiger partial charge is 0.338 e. The maximum Gasteiger partial charge on any atom is 0.338 e. The first kappa shape index (κ1) is 43.5. The molecule has 0 saturated carbocycles. The molecule has 10 heteroatoms. The Bertz CT molecular complexity index is 2640. The molecular formula is C56H58O10. The highest BCUT2D eigenvalue weighted by molar-refractivity contribution is 5.97. The van der Waals surface area contributed by atoms with E-state index >= 15 is 0 Å². The molecule has 6 aromatic rings. The fraction of sp³-hybridized carbons (Fsp3) is 0.393. The zero-order valence-electron chi connectivity index (χ0n) is 38.3. The fourth-order valence-electron chi connectivity index (χ4n) is 9.48. The number of rotatable bonds is 0. The molecule has 10 nitrogen and oxygen atoms in total. The minimum atomic E-state index is -0.453. The van der Waals surface area contributed by atoms with E-state index in [4.69, 9.17) is 37.9 Å². The van der Waals surface area contributed by atoms with Crippen molar-refractivity contribution in [2.75, 3.05) is 13.2 Å². The van der Waals surface area contributed by atoms with Crippen molar-refractivity contribution in [3.63, 3.8) is 0 Å². The lowest BCUT2D eigenvalue weighted by Crippen LogP contribution is -2.20. The van der Waals surface area contributed by atoms with Gasteiger partial charge < -0.3 is 37.9 Å². The van der Waals surface area contributed by atoms with Crippen molar-refractivity contribution in [2.24, 2.45) is 0 Å². The van der Waals surface area contributed by atoms with Crippen molar-refractivity contribution in [2.45, 2.75) is 130 Å². The molecule has 0 N–H and O–H groups in total. The molecule has 0 aliphatic carbocycles. The van der Waals surface area contributed by atoms with Gasteiger partial charge in [0.2, 0.25) is 0 Å². The highest BCUT2D eigenvalue weighted by Gasteiger charge is 2.31. The van der Waals surface area contributed by atoms with Gasteiger partial charge in [0, 0.05) is 22.3 Å². The monoisotopic (exact) mass is 890 g/mol. The van der Waals surface area contributed by atoms with Crippen LogP contribution in [0.25, 0.3) is 21.5 Å². The van der Waals surface area contributed by atoms with Crippen molar-refractivity contribution in [3.05, 3.63) is 129 Å². The van der Waals surface area contributed by atoms with Crippen LogP contribution in [-0.4, -0.2) is 25.2 Å². The Hall–Kier alpha value is -6.42. The summed E-state index contributed by atoms with van der Waals surface area (Å²) in [5.41, 5.74) is 6.67. The first-order valence-electron chi connectivity index (χ1n) is 23.7. The van der Waals surface area contributed by atoms with E-state index in [0.29, 0.717) is 58.8 Å². The van der Waals surface area contributed by atoms with Crippen LogP contribution in [0.4, 0.5) is 0 Å². The third kappa shape index (κ3) is 9.33. The van der Waals surface area contributed by atoms with E-state index < -0.39 is 11.9 Å². The third-order valence-corrected chi connectivity index (χ3v) is 13.3. The average molecular weight is 891 g/mol. The molecule has 342 valence electrons. The van der Waals surface area contributed by atoms with E-state index in [1.54, 1.807) is 12.1 Å². The van der Waals surface area contributed by atoms with Crippen molar-refractivity contribution in [1.29, 1.82) is 0 Å². The maximum atomic E-state index is 13.7. The summed E-state index contributed by atoms with van der Waals surface area (Å²) < 4.78 is 52.5. The standard InChI is InChI=1S/C56H58O10/c1-56(2,3)43-21-35-20-36(22-43)30-66-55(58)40-16-14-37-25-48-51(28-42(37)24-40)64-34-47-44(31-61-48)52-46-33-63-50-27-41-23-39(54(57)65-29-35)17-15-38(41)26-49(50)62-32-45(46)53(47)60-19-13-11-9-7-5-4-6-8-10-12-18-59-52/h14-17,20-28H,4-13,18-19,29-34H2,1-3H3. The maximum absolute atomic E-state index is 13.7. The van der Waals surface area contributed by atoms with Gasteiger partial charge in [0.25, 0.3) is 0 Å². The molecule has 0 saturated heterocycles. The van der Waals surface area contributed by atoms with Gasteiger partial charge in [-0.3, -0.25) is 0 Å². The van der Waals surface area contributed by atoms with Gasteiger partial charge in [-0.05, 0) is 111 Å². The fourth-order valence-corrected chi connectivity index (χ4v) is 9.48. The molecular weight excluding hydrogens is 833 g/mol. The van der Waals surface area contributed by atoms with Crippen LogP contribution >= 0.6 is 0 Å². The highest BCUT2D eigenvalue weighted by Crippen LogP contribution is 2.47. The molecule has 6 aromatic carbocycles. The number of carbonyl (C=O) groups excluding carboxylic acids is 2. The van der Waals surface area contributed by atoms with E-state index in [-0.39, 0.29) is 45.1 Å². The number of hydrogen-bond donors (Lipinski definition) is 0. The Balaban J connectivity index is 1.09. The van der Waals surface area contributed by atoms with Crippen molar-refractivity contribution < 1.29 is 47.5 Å². The Labute approximate surface area is 386 Å². The van der Waals surface area contributed by atoms with Crippen LogP contribution in [0.5, 0.6) is 34.5 Å². The van der Waals surface area contributed by atoms with Crippen molar-refractivity contribution >= 4 is 33.5 Å². The topological polar surface area (TPSA) is 108 Å². The summed E-state index contributed by atoms with van der Waals surface area (Å²) in [4.78, 5) is 27.4. The molecule has 9 aliphatic rings. The number of hydrogen-bond acceptors (Lipinski definition) is 10. The second-order valence-electron chi connectivity index (χ2n) is 19.1. The number of ether oxygens (including phenoxy) is 8. The van der Waals surface area contributed by atoms with Gasteiger partial charge >= 0.3 is 11.9 Å². The summed E-state index contributed by atoms with van der Waals surface area (Å²) in [6, 6.07) is 24.8. The minimum absolute atomic E-state index is 0.0445. The molecule has 18 bridgehead atoms. The van der Waals surface area contributed by atoms with Gasteiger partial charge in [-0.1, -0.05) is 96.4 Å². The summed E-state index contributed by atoms with van der Waals surface area (Å²) in [7, 11) is 0. The Morgan fingerprint density at radius 2 is 0.727 bits per heavy atom. The normalized spacial score (nSPS) is 17.3. The summed E-state index contributed by atoms with van der Waals surface area (Å²) in [5, 5.41) is 3.39. The lowest BCUT2D eigenvalue weighted by molar-refractivity contribution is 0.0471. The molecule has 0 unspecified atom stereocenters. The second kappa shape index (κ2) is 18.8. The number of fused-ring (bicyclic) bond motifs is 2. The van der Waals surface area contributed by atoms with Crippen LogP contribution in [0.15, 0.2) is 78.9 Å². The molecule has 66 heavy (non-hydrogen) atoms. The van der Waals surface area contributed by atoms with Crippen molar-refractivity contribution in [1.82, 2.24) is 0 Å². The zero-order chi connectivity index (χ0) is 45.2. The first-order valence-corrected chi connectivity index (χ1v) is 23.7. The molecule has 0 spiro atoms. The summed E-state index contributed by atoms with van der Waals surface area (Å²) in [6.07, 6.45) is 11.4. The quantitative estimate of drug-likeness (QED) is 0.137. The molecule has 0 radical (unpaired) electrons. The largest absolute Gasteiger partial charge is 0.493 e. The molecule has 0 aromatic heterocycles. The van der Waals surface area contributed by atoms with Crippen LogP contribution < -0.4 is 28.4 Å². The first-order chi connectivity index (χ1) is 32.1. The molecule has 15 rings (SSSR count). The number of esters is 2. The Kier molecular flexibility index (Phi) is 12.4. The van der Waals surface area contributed by atoms with Gasteiger partial charge in [-0.2, -0.15) is 0 Å². The van der Waals surface area contributed by atoms with E-state index in [0.717, 1.165) is 86.2 Å². The second-order valence-corrected chi connectivity index (χ2v) is 19.1. The third-order valence-electron chi connectivity index (χ3n) is 13.3. The lowest BCUT2D eigenvalue weighted by Gasteiger charge is -2.30. The lowest BCUT2D eigenvalue weighted by atomic mass is 9.85. The van der Waals surface area contributed by atoms with E-state index in [1.807, 2.05) is 66.7 Å². The van der Waals surface area contributed by atoms with Crippen LogP contribution in [0.2, 0.25) is 0 Å². The van der Waals surface area contributed by atoms with Crippen molar-refractivity contribution in [3.8, 4) is 34.5 Å². The van der Waals surface area contributed by atoms with Gasteiger partial charge in [-0.25, -0.2) is 9.59 Å². The van der Waals surface area contributed by atoms with E-state index in [1.165, 1.54) is 38.5 Å². The summed E-state index contributed by atoms with van der Waals surface area (Å²) in [5.74, 6) is 2.80. The van der Waals surface area contributed by atoms with Crippen LogP contribution in [0, 0.1) is 0 Å². The molecule has 0 amide bonds. The van der Waals surface area contributed by atoms with Gasteiger partial charge in [0.05, 0.1) is 24.3 Å². The minimum Gasteiger partial charge on any atom is -0.493 e. The Morgan fingerprint density at radius 1 is 0.364 bits per heavy atom. The van der Waals surface area contributed by atoms with Crippen LogP contribution in [-0.2, 0) is 54.5 Å². The highest BCUT2D eigenvalue weighted by atomic mass is 16.5. The summed E-state index contributed by atoms with van der Waals surface area (Å²) in [6.45, 7) is 8.33. The zero-order valence-corrected chi connectivity index (χ0v) is 38.3. The Morgan fingerprint density at radius 3 is 1.11 bits per heavy atom.